The van der Waals surface area contributed by atoms with Crippen molar-refractivity contribution in [3.8, 4) is 0 Å². The molecule has 0 atom stereocenters. The van der Waals surface area contributed by atoms with Gasteiger partial charge in [0.25, 0.3) is 0 Å². The number of nitrogens with one attached hydrogen (secondary N) is 2. The molecule has 0 bridgehead atoms. The maximum absolute atomic E-state index is 4.20. The van der Waals surface area contributed by atoms with Gasteiger partial charge in [0.15, 0.2) is 5.96 Å². The molecule has 4 nitrogen and oxygen atoms in total. The third-order valence-corrected chi connectivity index (χ3v) is 3.01. The highest BCUT2D eigenvalue weighted by Gasteiger charge is 2.02. The molecular formula is C14H32N4. The molecule has 2 N–H and O–H groups in total. The van der Waals surface area contributed by atoms with Crippen molar-refractivity contribution >= 4 is 5.96 Å². The normalized spacial score (nSPS) is 12.6. The topological polar surface area (TPSA) is 39.7 Å². The SMILES string of the molecule is CN=C(NCCCCN(C)C(C)C)NCC(C)C. The van der Waals surface area contributed by atoms with Gasteiger partial charge in [-0.05, 0) is 46.2 Å². The van der Waals surface area contributed by atoms with Crippen LogP contribution in [0, 0.1) is 5.92 Å². The summed E-state index contributed by atoms with van der Waals surface area (Å²) in [6.45, 7) is 12.0. The van der Waals surface area contributed by atoms with Gasteiger partial charge < -0.3 is 15.5 Å². The molecule has 18 heavy (non-hydrogen) atoms. The lowest BCUT2D eigenvalue weighted by Crippen LogP contribution is -2.39. The maximum atomic E-state index is 4.20. The van der Waals surface area contributed by atoms with E-state index in [1.807, 2.05) is 7.05 Å². The Balaban J connectivity index is 3.57. The van der Waals surface area contributed by atoms with Gasteiger partial charge in [0.1, 0.15) is 0 Å². The van der Waals surface area contributed by atoms with Crippen LogP contribution in [-0.4, -0.2) is 50.6 Å². The highest BCUT2D eigenvalue weighted by atomic mass is 15.2. The first-order valence-electron chi connectivity index (χ1n) is 7.12. The second-order valence-corrected chi connectivity index (χ2v) is 5.56. The summed E-state index contributed by atoms with van der Waals surface area (Å²) in [4.78, 5) is 6.59. The first-order valence-corrected chi connectivity index (χ1v) is 7.12. The predicted octanol–water partition coefficient (Wildman–Crippen LogP) is 1.93. The second-order valence-electron chi connectivity index (χ2n) is 5.56. The van der Waals surface area contributed by atoms with E-state index in [1.54, 1.807) is 0 Å². The van der Waals surface area contributed by atoms with Crippen LogP contribution < -0.4 is 10.6 Å². The van der Waals surface area contributed by atoms with Crippen LogP contribution >= 0.6 is 0 Å². The van der Waals surface area contributed by atoms with E-state index in [1.165, 1.54) is 12.8 Å². The van der Waals surface area contributed by atoms with Gasteiger partial charge in [0, 0.05) is 26.2 Å². The Hall–Kier alpha value is -0.770. The van der Waals surface area contributed by atoms with Gasteiger partial charge >= 0.3 is 0 Å². The van der Waals surface area contributed by atoms with Crippen LogP contribution in [0.1, 0.15) is 40.5 Å². The Kier molecular flexibility index (Phi) is 9.74. The Morgan fingerprint density at radius 2 is 1.78 bits per heavy atom. The van der Waals surface area contributed by atoms with E-state index >= 15 is 0 Å². The van der Waals surface area contributed by atoms with Crippen molar-refractivity contribution < 1.29 is 0 Å². The van der Waals surface area contributed by atoms with Crippen LogP contribution in [0.3, 0.4) is 0 Å². The molecule has 0 amide bonds. The molecule has 0 unspecified atom stereocenters. The van der Waals surface area contributed by atoms with E-state index in [4.69, 9.17) is 0 Å². The molecular weight excluding hydrogens is 224 g/mol. The fourth-order valence-electron chi connectivity index (χ4n) is 1.47. The van der Waals surface area contributed by atoms with Gasteiger partial charge in [-0.1, -0.05) is 13.8 Å². The number of rotatable bonds is 8. The van der Waals surface area contributed by atoms with E-state index in [-0.39, 0.29) is 0 Å². The van der Waals surface area contributed by atoms with Crippen molar-refractivity contribution in [1.29, 1.82) is 0 Å². The zero-order chi connectivity index (χ0) is 14.0. The monoisotopic (exact) mass is 256 g/mol. The molecule has 0 rings (SSSR count). The molecule has 0 aromatic rings. The average molecular weight is 256 g/mol. The number of unbranched alkanes of at least 4 members (excludes halogenated alkanes) is 1. The fourth-order valence-corrected chi connectivity index (χ4v) is 1.47. The molecule has 0 heterocycles. The molecule has 0 aromatic carbocycles. The van der Waals surface area contributed by atoms with Gasteiger partial charge in [-0.25, -0.2) is 0 Å². The molecule has 0 aliphatic rings. The van der Waals surface area contributed by atoms with E-state index in [2.05, 4.69) is 55.3 Å². The van der Waals surface area contributed by atoms with Crippen LogP contribution in [0.2, 0.25) is 0 Å². The van der Waals surface area contributed by atoms with Crippen molar-refractivity contribution in [3.05, 3.63) is 0 Å². The van der Waals surface area contributed by atoms with Gasteiger partial charge in [-0.2, -0.15) is 0 Å². The molecule has 108 valence electrons. The molecule has 0 saturated heterocycles. The lowest BCUT2D eigenvalue weighted by molar-refractivity contribution is 0.268. The lowest BCUT2D eigenvalue weighted by Gasteiger charge is -2.20. The van der Waals surface area contributed by atoms with Gasteiger partial charge in [0.2, 0.25) is 0 Å². The molecule has 0 aliphatic carbocycles. The van der Waals surface area contributed by atoms with Crippen molar-refractivity contribution in [2.45, 2.75) is 46.6 Å². The van der Waals surface area contributed by atoms with E-state index < -0.39 is 0 Å². The summed E-state index contributed by atoms with van der Waals surface area (Å²) in [7, 11) is 4.00. The summed E-state index contributed by atoms with van der Waals surface area (Å²) < 4.78 is 0. The van der Waals surface area contributed by atoms with Crippen molar-refractivity contribution in [2.24, 2.45) is 10.9 Å². The number of hydrogen-bond donors (Lipinski definition) is 2. The van der Waals surface area contributed by atoms with Crippen molar-refractivity contribution in [2.75, 3.05) is 33.7 Å². The third-order valence-electron chi connectivity index (χ3n) is 3.01. The van der Waals surface area contributed by atoms with Crippen LogP contribution in [0.25, 0.3) is 0 Å². The van der Waals surface area contributed by atoms with Crippen LogP contribution in [0.15, 0.2) is 4.99 Å². The molecule has 0 fully saturated rings. The molecule has 4 heteroatoms. The maximum Gasteiger partial charge on any atom is 0.190 e. The zero-order valence-electron chi connectivity index (χ0n) is 13.1. The van der Waals surface area contributed by atoms with Gasteiger partial charge in [-0.3, -0.25) is 4.99 Å². The Morgan fingerprint density at radius 3 is 2.28 bits per heavy atom. The lowest BCUT2D eigenvalue weighted by atomic mass is 10.2. The highest BCUT2D eigenvalue weighted by molar-refractivity contribution is 5.79. The molecule has 0 spiro atoms. The van der Waals surface area contributed by atoms with E-state index in [9.17, 15) is 0 Å². The number of hydrogen-bond acceptors (Lipinski definition) is 2. The average Bonchev–Trinajstić information content (AvgIpc) is 2.31. The molecule has 0 saturated carbocycles. The van der Waals surface area contributed by atoms with Gasteiger partial charge in [-0.15, -0.1) is 0 Å². The number of guanidine groups is 1. The van der Waals surface area contributed by atoms with Crippen molar-refractivity contribution in [1.82, 2.24) is 15.5 Å². The summed E-state index contributed by atoms with van der Waals surface area (Å²) in [5.41, 5.74) is 0. The van der Waals surface area contributed by atoms with Crippen LogP contribution in [0.4, 0.5) is 0 Å². The third kappa shape index (κ3) is 9.28. The Labute approximate surface area is 113 Å². The number of aliphatic imine (C=N–C) groups is 1. The van der Waals surface area contributed by atoms with E-state index in [0.717, 1.165) is 25.6 Å². The van der Waals surface area contributed by atoms with Crippen molar-refractivity contribution in [3.63, 3.8) is 0 Å². The quantitative estimate of drug-likeness (QED) is 0.396. The summed E-state index contributed by atoms with van der Waals surface area (Å²) >= 11 is 0. The molecule has 0 radical (unpaired) electrons. The largest absolute Gasteiger partial charge is 0.356 e. The zero-order valence-corrected chi connectivity index (χ0v) is 13.1. The minimum atomic E-state index is 0.637. The molecule has 0 aliphatic heterocycles. The second kappa shape index (κ2) is 10.2. The summed E-state index contributed by atoms with van der Waals surface area (Å²) in [5.74, 6) is 1.56. The minimum Gasteiger partial charge on any atom is -0.356 e. The van der Waals surface area contributed by atoms with E-state index in [0.29, 0.717) is 12.0 Å². The van der Waals surface area contributed by atoms with Crippen LogP contribution in [0.5, 0.6) is 0 Å². The smallest absolute Gasteiger partial charge is 0.190 e. The standard InChI is InChI=1S/C14H32N4/c1-12(2)11-17-14(15-5)16-9-7-8-10-18(6)13(3)4/h12-13H,7-11H2,1-6H3,(H2,15,16,17). The Morgan fingerprint density at radius 1 is 1.11 bits per heavy atom. The Bertz CT molecular complexity index is 224. The number of nitrogens with zero attached hydrogens (tertiary/aromatic N) is 2. The van der Waals surface area contributed by atoms with Gasteiger partial charge in [0.05, 0.1) is 0 Å². The first-order chi connectivity index (χ1) is 8.47. The predicted molar refractivity (Wildman–Crippen MR) is 81.2 cm³/mol. The summed E-state index contributed by atoms with van der Waals surface area (Å²) in [6.07, 6.45) is 2.41. The summed E-state index contributed by atoms with van der Waals surface area (Å²) in [6, 6.07) is 0.637. The minimum absolute atomic E-state index is 0.637. The highest BCUT2D eigenvalue weighted by Crippen LogP contribution is 1.97. The first kappa shape index (κ1) is 17.2. The fraction of sp³-hybridized carbons (Fsp3) is 0.929. The summed E-state index contributed by atoms with van der Waals surface area (Å²) in [5, 5.41) is 6.66. The van der Waals surface area contributed by atoms with Crippen LogP contribution in [-0.2, 0) is 0 Å². The molecule has 0 aromatic heterocycles.